The molecule has 0 aromatic heterocycles. The van der Waals surface area contributed by atoms with Crippen LogP contribution in [0, 0.1) is 34.5 Å². The highest BCUT2D eigenvalue weighted by Gasteiger charge is 2.58. The molecule has 6 atom stereocenters. The van der Waals surface area contributed by atoms with Gasteiger partial charge >= 0.3 is 0 Å². The maximum atomic E-state index is 11.8. The van der Waals surface area contributed by atoms with E-state index in [1.807, 2.05) is 6.08 Å². The van der Waals surface area contributed by atoms with Crippen LogP contribution in [0.2, 0.25) is 0 Å². The molecule has 4 aliphatic rings. The Morgan fingerprint density at radius 3 is 2.68 bits per heavy atom. The van der Waals surface area contributed by atoms with Crippen molar-refractivity contribution in [2.75, 3.05) is 6.61 Å². The average molecular weight is 302 g/mol. The molecule has 1 N–H and O–H groups in total. The molecule has 3 fully saturated rings. The summed E-state index contributed by atoms with van der Waals surface area (Å²) in [6.45, 7) is 5.28. The predicted octanol–water partition coefficient (Wildman–Crippen LogP) is 4.13. The standard InChI is InChI=1S/C20H30O2/c1-19-9-7-15(22)11-13(19)3-5-16-17-6-4-14(12-21)20(17,2)10-8-18(16)19/h11,14,16-18,21H,3-10,12H2,1-2H3/t14-,16+,17+,18+,19+,20-/m0/s1. The molecule has 4 aliphatic carbocycles. The van der Waals surface area contributed by atoms with Crippen LogP contribution in [-0.4, -0.2) is 17.5 Å². The van der Waals surface area contributed by atoms with E-state index in [1.165, 1.54) is 37.7 Å². The molecule has 0 unspecified atom stereocenters. The number of rotatable bonds is 1. The average Bonchev–Trinajstić information content (AvgIpc) is 2.84. The molecule has 0 radical (unpaired) electrons. The highest BCUT2D eigenvalue weighted by molar-refractivity contribution is 5.91. The van der Waals surface area contributed by atoms with Gasteiger partial charge in [-0.2, -0.15) is 0 Å². The largest absolute Gasteiger partial charge is 0.396 e. The van der Waals surface area contributed by atoms with Gasteiger partial charge in [-0.25, -0.2) is 0 Å². The molecule has 2 heteroatoms. The van der Waals surface area contributed by atoms with E-state index in [1.54, 1.807) is 0 Å². The molecule has 0 spiro atoms. The molecule has 0 saturated heterocycles. The van der Waals surface area contributed by atoms with Gasteiger partial charge < -0.3 is 5.11 Å². The second kappa shape index (κ2) is 4.93. The van der Waals surface area contributed by atoms with E-state index in [2.05, 4.69) is 13.8 Å². The molecular formula is C20H30O2. The van der Waals surface area contributed by atoms with Gasteiger partial charge in [-0.05, 0) is 85.5 Å². The Morgan fingerprint density at radius 1 is 1.09 bits per heavy atom. The Labute approximate surface area is 134 Å². The monoisotopic (exact) mass is 302 g/mol. The van der Waals surface area contributed by atoms with Crippen LogP contribution in [0.1, 0.15) is 65.2 Å². The van der Waals surface area contributed by atoms with E-state index >= 15 is 0 Å². The third-order valence-corrected chi connectivity index (χ3v) is 8.38. The fourth-order valence-corrected chi connectivity index (χ4v) is 6.97. The van der Waals surface area contributed by atoms with Crippen molar-refractivity contribution in [1.29, 1.82) is 0 Å². The second-order valence-electron chi connectivity index (χ2n) is 8.97. The number of aliphatic hydroxyl groups is 1. The van der Waals surface area contributed by atoms with Gasteiger partial charge in [-0.15, -0.1) is 0 Å². The number of carbonyl (C=O) groups excluding carboxylic acids is 1. The first-order valence-corrected chi connectivity index (χ1v) is 9.34. The number of carbonyl (C=O) groups is 1. The quantitative estimate of drug-likeness (QED) is 0.791. The topological polar surface area (TPSA) is 37.3 Å². The highest BCUT2D eigenvalue weighted by atomic mass is 16.3. The summed E-state index contributed by atoms with van der Waals surface area (Å²) in [5.41, 5.74) is 2.12. The summed E-state index contributed by atoms with van der Waals surface area (Å²) in [6, 6.07) is 0. The van der Waals surface area contributed by atoms with Crippen LogP contribution < -0.4 is 0 Å². The molecule has 0 aliphatic heterocycles. The lowest BCUT2D eigenvalue weighted by Crippen LogP contribution is -2.50. The van der Waals surface area contributed by atoms with Gasteiger partial charge in [0.25, 0.3) is 0 Å². The van der Waals surface area contributed by atoms with E-state index in [4.69, 9.17) is 0 Å². The maximum Gasteiger partial charge on any atom is 0.155 e. The fraction of sp³-hybridized carbons (Fsp3) is 0.850. The first-order valence-electron chi connectivity index (χ1n) is 9.34. The molecule has 0 aromatic carbocycles. The first-order chi connectivity index (χ1) is 10.5. The van der Waals surface area contributed by atoms with Crippen LogP contribution in [-0.2, 0) is 4.79 Å². The maximum absolute atomic E-state index is 11.8. The van der Waals surface area contributed by atoms with Gasteiger partial charge in [0.2, 0.25) is 0 Å². The van der Waals surface area contributed by atoms with Crippen molar-refractivity contribution in [3.05, 3.63) is 11.6 Å². The van der Waals surface area contributed by atoms with Crippen molar-refractivity contribution in [1.82, 2.24) is 0 Å². The van der Waals surface area contributed by atoms with Crippen molar-refractivity contribution in [2.45, 2.75) is 65.2 Å². The van der Waals surface area contributed by atoms with Gasteiger partial charge in [0.1, 0.15) is 0 Å². The zero-order valence-electron chi connectivity index (χ0n) is 14.1. The summed E-state index contributed by atoms with van der Waals surface area (Å²) in [4.78, 5) is 11.8. The van der Waals surface area contributed by atoms with Crippen molar-refractivity contribution >= 4 is 5.78 Å². The third-order valence-electron chi connectivity index (χ3n) is 8.38. The van der Waals surface area contributed by atoms with Crippen LogP contribution in [0.5, 0.6) is 0 Å². The van der Waals surface area contributed by atoms with E-state index < -0.39 is 0 Å². The van der Waals surface area contributed by atoms with Gasteiger partial charge in [-0.3, -0.25) is 4.79 Å². The minimum atomic E-state index is 0.287. The summed E-state index contributed by atoms with van der Waals surface area (Å²) in [5.74, 6) is 3.28. The number of hydrogen-bond donors (Lipinski definition) is 1. The van der Waals surface area contributed by atoms with E-state index in [0.29, 0.717) is 23.7 Å². The van der Waals surface area contributed by atoms with Crippen LogP contribution in [0.15, 0.2) is 11.6 Å². The third kappa shape index (κ3) is 1.85. The summed E-state index contributed by atoms with van der Waals surface area (Å²) in [6.07, 6.45) is 11.4. The minimum Gasteiger partial charge on any atom is -0.396 e. The lowest BCUT2D eigenvalue weighted by Gasteiger charge is -2.58. The van der Waals surface area contributed by atoms with E-state index in [9.17, 15) is 9.90 Å². The molecule has 0 aromatic rings. The van der Waals surface area contributed by atoms with Gasteiger partial charge in [-0.1, -0.05) is 19.4 Å². The van der Waals surface area contributed by atoms with Crippen molar-refractivity contribution < 1.29 is 9.90 Å². The Balaban J connectivity index is 1.67. The molecule has 122 valence electrons. The van der Waals surface area contributed by atoms with Crippen molar-refractivity contribution in [3.8, 4) is 0 Å². The highest BCUT2D eigenvalue weighted by Crippen LogP contribution is 2.66. The van der Waals surface area contributed by atoms with Crippen LogP contribution in [0.4, 0.5) is 0 Å². The molecule has 0 amide bonds. The van der Waals surface area contributed by atoms with Gasteiger partial charge in [0, 0.05) is 13.0 Å². The number of fused-ring (bicyclic) bond motifs is 5. The zero-order chi connectivity index (χ0) is 15.5. The van der Waals surface area contributed by atoms with E-state index in [-0.39, 0.29) is 5.41 Å². The normalized spacial score (nSPS) is 50.9. The SMILES string of the molecule is C[C@@]12CC[C@@H]3[C@H](CCC4=CC(=O)CC[C@]43C)[C@H]1CC[C@H]2CO. The Morgan fingerprint density at radius 2 is 1.91 bits per heavy atom. The van der Waals surface area contributed by atoms with Gasteiger partial charge in [0.15, 0.2) is 5.78 Å². The Kier molecular flexibility index (Phi) is 3.35. The first kappa shape index (κ1) is 14.9. The number of allylic oxidation sites excluding steroid dienone is 1. The Hall–Kier alpha value is -0.630. The number of ketones is 1. The lowest BCUT2D eigenvalue weighted by molar-refractivity contribution is -0.117. The fourth-order valence-electron chi connectivity index (χ4n) is 6.97. The summed E-state index contributed by atoms with van der Waals surface area (Å²) in [5, 5.41) is 9.79. The van der Waals surface area contributed by atoms with Crippen molar-refractivity contribution in [2.24, 2.45) is 34.5 Å². The second-order valence-corrected chi connectivity index (χ2v) is 8.97. The van der Waals surface area contributed by atoms with E-state index in [0.717, 1.165) is 37.0 Å². The predicted molar refractivity (Wildman–Crippen MR) is 87.3 cm³/mol. The number of aliphatic hydroxyl groups excluding tert-OH is 1. The smallest absolute Gasteiger partial charge is 0.155 e. The van der Waals surface area contributed by atoms with Crippen LogP contribution in [0.25, 0.3) is 0 Å². The van der Waals surface area contributed by atoms with Crippen LogP contribution >= 0.6 is 0 Å². The summed E-state index contributed by atoms with van der Waals surface area (Å²) < 4.78 is 0. The Bertz CT molecular complexity index is 522. The molecule has 2 nitrogen and oxygen atoms in total. The van der Waals surface area contributed by atoms with Crippen LogP contribution in [0.3, 0.4) is 0 Å². The molecule has 0 heterocycles. The molecule has 0 bridgehead atoms. The molecule has 22 heavy (non-hydrogen) atoms. The minimum absolute atomic E-state index is 0.287. The molecule has 3 saturated carbocycles. The molecular weight excluding hydrogens is 272 g/mol. The number of hydrogen-bond acceptors (Lipinski definition) is 2. The molecule has 4 rings (SSSR count). The summed E-state index contributed by atoms with van der Waals surface area (Å²) >= 11 is 0. The van der Waals surface area contributed by atoms with Crippen molar-refractivity contribution in [3.63, 3.8) is 0 Å². The van der Waals surface area contributed by atoms with Gasteiger partial charge in [0.05, 0.1) is 0 Å². The lowest BCUT2D eigenvalue weighted by atomic mass is 9.47. The summed E-state index contributed by atoms with van der Waals surface area (Å²) in [7, 11) is 0. The zero-order valence-corrected chi connectivity index (χ0v) is 14.1.